The summed E-state index contributed by atoms with van der Waals surface area (Å²) in [5.74, 6) is -2.67. The summed E-state index contributed by atoms with van der Waals surface area (Å²) in [6.07, 6.45) is 1.19. The molecule has 37 heavy (non-hydrogen) atoms. The number of rotatable bonds is 10. The Hall–Kier alpha value is -4.68. The second-order valence-electron chi connectivity index (χ2n) is 8.59. The van der Waals surface area contributed by atoms with Crippen molar-refractivity contribution in [2.75, 3.05) is 4.90 Å². The van der Waals surface area contributed by atoms with Gasteiger partial charge in [0.05, 0.1) is 12.5 Å². The number of H-pyrrole nitrogens is 1. The normalized spacial score (nSPS) is 15.9. The summed E-state index contributed by atoms with van der Waals surface area (Å²) in [5.41, 5.74) is 1.42. The molecule has 0 bridgehead atoms. The Bertz CT molecular complexity index is 1270. The number of aromatic nitrogens is 5. The van der Waals surface area contributed by atoms with Crippen molar-refractivity contribution in [3.63, 3.8) is 0 Å². The fraction of sp³-hybridized carbons (Fsp3) is 0.333. The summed E-state index contributed by atoms with van der Waals surface area (Å²) in [6, 6.07) is 10.3. The van der Waals surface area contributed by atoms with Crippen LogP contribution in [-0.4, -0.2) is 66.5 Å². The number of fused-ring (bicyclic) bond motifs is 1. The number of benzene rings is 1. The number of tetrazole rings is 1. The van der Waals surface area contributed by atoms with Crippen LogP contribution in [0.2, 0.25) is 0 Å². The van der Waals surface area contributed by atoms with Crippen LogP contribution in [0.5, 0.6) is 0 Å². The molecule has 3 atom stereocenters. The number of hydrogen-bond donors (Lipinski definition) is 4. The molecule has 1 aliphatic heterocycles. The number of carbonyl (C=O) groups excluding carboxylic acids is 3. The van der Waals surface area contributed by atoms with E-state index in [4.69, 9.17) is 0 Å². The van der Waals surface area contributed by atoms with Gasteiger partial charge in [0.15, 0.2) is 5.82 Å². The summed E-state index contributed by atoms with van der Waals surface area (Å²) >= 11 is 0. The maximum absolute atomic E-state index is 13.8. The van der Waals surface area contributed by atoms with Crippen LogP contribution >= 0.6 is 0 Å². The van der Waals surface area contributed by atoms with Gasteiger partial charge < -0.3 is 15.7 Å². The molecular formula is C24H26N8O5. The van der Waals surface area contributed by atoms with E-state index in [2.05, 4.69) is 36.2 Å². The number of carbonyl (C=O) groups is 4. The summed E-state index contributed by atoms with van der Waals surface area (Å²) < 4.78 is 0. The van der Waals surface area contributed by atoms with Gasteiger partial charge in [-0.1, -0.05) is 41.6 Å². The molecule has 0 fully saturated rings. The first kappa shape index (κ1) is 25.4. The average Bonchev–Trinajstić information content (AvgIpc) is 3.57. The Labute approximate surface area is 211 Å². The van der Waals surface area contributed by atoms with Crippen LogP contribution < -0.4 is 15.5 Å². The SMILES string of the molecule is CC(C(=O)NC(CCC(=O)O)C(=O)N1c2ncccc2C[C@H]1C(=O)NCc1nn[nH]n1)c1ccccc1. The third kappa shape index (κ3) is 5.94. The van der Waals surface area contributed by atoms with Gasteiger partial charge in [0.2, 0.25) is 11.8 Å². The monoisotopic (exact) mass is 506 g/mol. The largest absolute Gasteiger partial charge is 0.481 e. The van der Waals surface area contributed by atoms with Crippen molar-refractivity contribution < 1.29 is 24.3 Å². The van der Waals surface area contributed by atoms with E-state index in [0.717, 1.165) is 5.56 Å². The van der Waals surface area contributed by atoms with Crippen LogP contribution in [0.4, 0.5) is 5.82 Å². The van der Waals surface area contributed by atoms with Crippen LogP contribution in [-0.2, 0) is 32.1 Å². The second-order valence-corrected chi connectivity index (χ2v) is 8.59. The number of nitrogens with one attached hydrogen (secondary N) is 3. The van der Waals surface area contributed by atoms with Crippen molar-refractivity contribution in [1.82, 2.24) is 36.2 Å². The number of aromatic amines is 1. The van der Waals surface area contributed by atoms with E-state index >= 15 is 0 Å². The first-order chi connectivity index (χ1) is 17.8. The molecule has 0 saturated heterocycles. The highest BCUT2D eigenvalue weighted by Gasteiger charge is 2.42. The fourth-order valence-electron chi connectivity index (χ4n) is 4.15. The maximum Gasteiger partial charge on any atom is 0.303 e. The van der Waals surface area contributed by atoms with Gasteiger partial charge in [-0.25, -0.2) is 4.98 Å². The van der Waals surface area contributed by atoms with Crippen LogP contribution in [0.3, 0.4) is 0 Å². The zero-order chi connectivity index (χ0) is 26.4. The average molecular weight is 507 g/mol. The lowest BCUT2D eigenvalue weighted by molar-refractivity contribution is -0.138. The minimum absolute atomic E-state index is 0.00853. The molecule has 4 rings (SSSR count). The highest BCUT2D eigenvalue weighted by atomic mass is 16.4. The molecule has 0 spiro atoms. The molecule has 0 aliphatic carbocycles. The maximum atomic E-state index is 13.8. The van der Waals surface area contributed by atoms with Crippen molar-refractivity contribution in [3.8, 4) is 0 Å². The van der Waals surface area contributed by atoms with Gasteiger partial charge in [0, 0.05) is 19.0 Å². The first-order valence-electron chi connectivity index (χ1n) is 11.7. The van der Waals surface area contributed by atoms with Crippen LogP contribution in [0.15, 0.2) is 48.7 Å². The van der Waals surface area contributed by atoms with Gasteiger partial charge in [0.25, 0.3) is 5.91 Å². The lowest BCUT2D eigenvalue weighted by Gasteiger charge is -2.29. The van der Waals surface area contributed by atoms with Crippen molar-refractivity contribution in [3.05, 3.63) is 65.6 Å². The van der Waals surface area contributed by atoms with Gasteiger partial charge in [-0.15, -0.1) is 10.2 Å². The van der Waals surface area contributed by atoms with Crippen LogP contribution in [0.1, 0.15) is 42.6 Å². The molecule has 2 unspecified atom stereocenters. The lowest BCUT2D eigenvalue weighted by atomic mass is 9.99. The molecule has 3 amide bonds. The molecule has 2 aromatic heterocycles. The van der Waals surface area contributed by atoms with Gasteiger partial charge in [0.1, 0.15) is 17.9 Å². The highest BCUT2D eigenvalue weighted by Crippen LogP contribution is 2.31. The van der Waals surface area contributed by atoms with Gasteiger partial charge >= 0.3 is 5.97 Å². The summed E-state index contributed by atoms with van der Waals surface area (Å²) in [5, 5.41) is 28.0. The third-order valence-corrected chi connectivity index (χ3v) is 6.12. The highest BCUT2D eigenvalue weighted by molar-refractivity contribution is 6.06. The fourth-order valence-corrected chi connectivity index (χ4v) is 4.15. The molecule has 192 valence electrons. The van der Waals surface area contributed by atoms with Crippen LogP contribution in [0.25, 0.3) is 0 Å². The minimum Gasteiger partial charge on any atom is -0.481 e. The molecule has 1 aliphatic rings. The number of amides is 3. The summed E-state index contributed by atoms with van der Waals surface area (Å²) in [6.45, 7) is 1.69. The Morgan fingerprint density at radius 2 is 1.95 bits per heavy atom. The number of hydrogen-bond acceptors (Lipinski definition) is 8. The Balaban J connectivity index is 1.57. The molecular weight excluding hydrogens is 480 g/mol. The number of carboxylic acids is 1. The zero-order valence-corrected chi connectivity index (χ0v) is 20.0. The van der Waals surface area contributed by atoms with Gasteiger partial charge in [-0.3, -0.25) is 24.1 Å². The predicted octanol–water partition coefficient (Wildman–Crippen LogP) is 0.322. The number of carboxylic acid groups (broad SMARTS) is 1. The Morgan fingerprint density at radius 3 is 2.65 bits per heavy atom. The van der Waals surface area contributed by atoms with E-state index in [1.165, 1.54) is 11.1 Å². The number of aliphatic carboxylic acids is 1. The lowest BCUT2D eigenvalue weighted by Crippen LogP contribution is -2.55. The van der Waals surface area contributed by atoms with Crippen molar-refractivity contribution >= 4 is 29.5 Å². The first-order valence-corrected chi connectivity index (χ1v) is 11.7. The number of anilines is 1. The minimum atomic E-state index is -1.18. The second kappa shape index (κ2) is 11.4. The van der Waals surface area contributed by atoms with E-state index < -0.39 is 41.7 Å². The van der Waals surface area contributed by atoms with E-state index in [1.807, 2.05) is 6.07 Å². The molecule has 3 aromatic rings. The van der Waals surface area contributed by atoms with Crippen molar-refractivity contribution in [2.45, 2.75) is 50.7 Å². The molecule has 3 heterocycles. The molecule has 1 aromatic carbocycles. The molecule has 13 nitrogen and oxygen atoms in total. The third-order valence-electron chi connectivity index (χ3n) is 6.12. The summed E-state index contributed by atoms with van der Waals surface area (Å²) in [4.78, 5) is 56.9. The van der Waals surface area contributed by atoms with E-state index in [0.29, 0.717) is 5.56 Å². The molecule has 13 heteroatoms. The molecule has 0 saturated carbocycles. The van der Waals surface area contributed by atoms with Gasteiger partial charge in [-0.2, -0.15) is 5.21 Å². The van der Waals surface area contributed by atoms with Crippen molar-refractivity contribution in [2.24, 2.45) is 0 Å². The smallest absolute Gasteiger partial charge is 0.303 e. The number of pyridine rings is 1. The topological polar surface area (TPSA) is 183 Å². The van der Waals surface area contributed by atoms with Crippen LogP contribution in [0, 0.1) is 0 Å². The van der Waals surface area contributed by atoms with E-state index in [-0.39, 0.29) is 37.4 Å². The summed E-state index contributed by atoms with van der Waals surface area (Å²) in [7, 11) is 0. The zero-order valence-electron chi connectivity index (χ0n) is 20.0. The Morgan fingerprint density at radius 1 is 1.16 bits per heavy atom. The van der Waals surface area contributed by atoms with E-state index in [9.17, 15) is 24.3 Å². The Kier molecular flexibility index (Phi) is 7.81. The van der Waals surface area contributed by atoms with Gasteiger partial charge in [-0.05, 0) is 30.5 Å². The molecule has 4 N–H and O–H groups in total. The standard InChI is InChI=1S/C24H26N8O5/c1-14(15-6-3-2-4-7-15)22(35)27-17(9-10-20(33)34)24(37)32-18(12-16-8-5-11-25-21(16)32)23(36)26-13-19-28-30-31-29-19/h2-8,11,14,17-18H,9-10,12-13H2,1H3,(H,26,36)(H,27,35)(H,33,34)(H,28,29,30,31)/t14?,17?,18-/m0/s1. The number of nitrogens with zero attached hydrogens (tertiary/aromatic N) is 5. The molecule has 0 radical (unpaired) electrons. The van der Waals surface area contributed by atoms with E-state index in [1.54, 1.807) is 43.3 Å². The van der Waals surface area contributed by atoms with Crippen molar-refractivity contribution in [1.29, 1.82) is 0 Å². The quantitative estimate of drug-likeness (QED) is 0.301. The predicted molar refractivity (Wildman–Crippen MR) is 129 cm³/mol.